The quantitative estimate of drug-likeness (QED) is 0.692. The van der Waals surface area contributed by atoms with Crippen LogP contribution in [0, 0.1) is 0 Å². The number of amides is 1. The zero-order valence-electron chi connectivity index (χ0n) is 16.5. The van der Waals surface area contributed by atoms with Crippen LogP contribution in [0.25, 0.3) is 0 Å². The summed E-state index contributed by atoms with van der Waals surface area (Å²) in [6.45, 7) is 3.90. The van der Waals surface area contributed by atoms with Crippen molar-refractivity contribution in [3.05, 3.63) is 54.1 Å². The fraction of sp³-hybridized carbons (Fsp3) is 0.350. The monoisotopic (exact) mass is 406 g/mol. The Morgan fingerprint density at radius 1 is 1.07 bits per heavy atom. The minimum absolute atomic E-state index is 0.106. The van der Waals surface area contributed by atoms with Gasteiger partial charge in [0.25, 0.3) is 0 Å². The predicted molar refractivity (Wildman–Crippen MR) is 107 cm³/mol. The Hall–Kier alpha value is -2.58. The Balaban J connectivity index is 1.99. The van der Waals surface area contributed by atoms with E-state index < -0.39 is 10.0 Å². The molecule has 0 radical (unpaired) electrons. The highest BCUT2D eigenvalue weighted by molar-refractivity contribution is 7.89. The van der Waals surface area contributed by atoms with Gasteiger partial charge in [-0.2, -0.15) is 4.31 Å². The van der Waals surface area contributed by atoms with Crippen LogP contribution in [0.3, 0.4) is 0 Å². The van der Waals surface area contributed by atoms with Crippen molar-refractivity contribution in [1.29, 1.82) is 0 Å². The summed E-state index contributed by atoms with van der Waals surface area (Å²) in [4.78, 5) is 12.4. The van der Waals surface area contributed by atoms with Crippen molar-refractivity contribution in [2.24, 2.45) is 0 Å². The van der Waals surface area contributed by atoms with Crippen LogP contribution in [0.15, 0.2) is 53.4 Å². The van der Waals surface area contributed by atoms with Gasteiger partial charge in [0.15, 0.2) is 0 Å². The maximum absolute atomic E-state index is 12.7. The second kappa shape index (κ2) is 9.57. The van der Waals surface area contributed by atoms with E-state index in [9.17, 15) is 13.2 Å². The van der Waals surface area contributed by atoms with Crippen molar-refractivity contribution < 1.29 is 22.7 Å². The zero-order valence-corrected chi connectivity index (χ0v) is 17.3. The number of hydrogen-bond donors (Lipinski definition) is 1. The molecule has 0 aromatic heterocycles. The number of nitrogens with zero attached hydrogens (tertiary/aromatic N) is 1. The molecular formula is C20H26N2O5S. The number of methoxy groups -OCH3 is 1. The Morgan fingerprint density at radius 3 is 2.18 bits per heavy atom. The molecule has 0 bridgehead atoms. The molecule has 0 aliphatic carbocycles. The standard InChI is InChI=1S/C20H26N2O5S/c1-5-27-18-10-12-19(13-11-18)28(24,25)22(3)14-20(23)21-15(2)16-6-8-17(26-4)9-7-16/h6-13,15H,5,14H2,1-4H3,(H,21,23). The maximum atomic E-state index is 12.7. The molecule has 0 fully saturated rings. The number of carbonyl (C=O) groups is 1. The van der Waals surface area contributed by atoms with Gasteiger partial charge in [0, 0.05) is 7.05 Å². The molecule has 2 aromatic carbocycles. The van der Waals surface area contributed by atoms with E-state index in [-0.39, 0.29) is 23.4 Å². The first-order chi connectivity index (χ1) is 13.3. The summed E-state index contributed by atoms with van der Waals surface area (Å²) in [5, 5.41) is 2.81. The molecule has 2 aromatic rings. The number of ether oxygens (including phenoxy) is 2. The minimum atomic E-state index is -3.77. The summed E-state index contributed by atoms with van der Waals surface area (Å²) in [6, 6.07) is 13.2. The molecule has 152 valence electrons. The smallest absolute Gasteiger partial charge is 0.243 e. The van der Waals surface area contributed by atoms with Crippen molar-refractivity contribution in [2.45, 2.75) is 24.8 Å². The molecule has 7 nitrogen and oxygen atoms in total. The Kier molecular flexibility index (Phi) is 7.42. The lowest BCUT2D eigenvalue weighted by molar-refractivity contribution is -0.121. The fourth-order valence-electron chi connectivity index (χ4n) is 2.60. The lowest BCUT2D eigenvalue weighted by Gasteiger charge is -2.19. The van der Waals surface area contributed by atoms with E-state index in [0.717, 1.165) is 15.6 Å². The van der Waals surface area contributed by atoms with Crippen molar-refractivity contribution >= 4 is 15.9 Å². The fourth-order valence-corrected chi connectivity index (χ4v) is 3.73. The van der Waals surface area contributed by atoms with Crippen molar-refractivity contribution in [2.75, 3.05) is 27.3 Å². The number of carbonyl (C=O) groups excluding carboxylic acids is 1. The summed E-state index contributed by atoms with van der Waals surface area (Å²) in [6.07, 6.45) is 0. The molecule has 0 spiro atoms. The second-order valence-corrected chi connectivity index (χ2v) is 8.27. The van der Waals surface area contributed by atoms with Crippen LogP contribution in [0.2, 0.25) is 0 Å². The van der Waals surface area contributed by atoms with Crippen LogP contribution in [0.5, 0.6) is 11.5 Å². The summed E-state index contributed by atoms with van der Waals surface area (Å²) in [5.41, 5.74) is 0.895. The van der Waals surface area contributed by atoms with Gasteiger partial charge in [-0.05, 0) is 55.8 Å². The van der Waals surface area contributed by atoms with E-state index in [1.54, 1.807) is 31.4 Å². The zero-order chi connectivity index (χ0) is 20.7. The molecule has 0 heterocycles. The molecule has 0 saturated carbocycles. The Bertz CT molecular complexity index is 880. The number of likely N-dealkylation sites (N-methyl/N-ethyl adjacent to an activating group) is 1. The Labute approximate surface area is 166 Å². The highest BCUT2D eigenvalue weighted by Crippen LogP contribution is 2.20. The molecule has 1 N–H and O–H groups in total. The third-order valence-electron chi connectivity index (χ3n) is 4.20. The number of hydrogen-bond acceptors (Lipinski definition) is 5. The molecule has 8 heteroatoms. The van der Waals surface area contributed by atoms with Gasteiger partial charge in [-0.15, -0.1) is 0 Å². The van der Waals surface area contributed by atoms with E-state index in [0.29, 0.717) is 12.4 Å². The highest BCUT2D eigenvalue weighted by Gasteiger charge is 2.23. The molecule has 0 saturated heterocycles. The number of nitrogens with one attached hydrogen (secondary N) is 1. The van der Waals surface area contributed by atoms with Gasteiger partial charge in [0.1, 0.15) is 11.5 Å². The highest BCUT2D eigenvalue weighted by atomic mass is 32.2. The first-order valence-corrected chi connectivity index (χ1v) is 10.3. The van der Waals surface area contributed by atoms with Crippen LogP contribution >= 0.6 is 0 Å². The minimum Gasteiger partial charge on any atom is -0.497 e. The predicted octanol–water partition coefficient (Wildman–Crippen LogP) is 2.59. The largest absolute Gasteiger partial charge is 0.497 e. The van der Waals surface area contributed by atoms with Crippen LogP contribution < -0.4 is 14.8 Å². The van der Waals surface area contributed by atoms with Gasteiger partial charge in [-0.25, -0.2) is 8.42 Å². The summed E-state index contributed by atoms with van der Waals surface area (Å²) in [7, 11) is -0.812. The number of sulfonamides is 1. The van der Waals surface area contributed by atoms with Gasteiger partial charge in [0.2, 0.25) is 15.9 Å². The Morgan fingerprint density at radius 2 is 1.64 bits per heavy atom. The summed E-state index contributed by atoms with van der Waals surface area (Å²) in [5.74, 6) is 0.930. The average molecular weight is 407 g/mol. The first-order valence-electron chi connectivity index (χ1n) is 8.90. The molecule has 0 aliphatic heterocycles. The lowest BCUT2D eigenvalue weighted by atomic mass is 10.1. The van der Waals surface area contributed by atoms with Crippen molar-refractivity contribution in [3.63, 3.8) is 0 Å². The van der Waals surface area contributed by atoms with Gasteiger partial charge >= 0.3 is 0 Å². The van der Waals surface area contributed by atoms with Gasteiger partial charge in [-0.1, -0.05) is 12.1 Å². The third-order valence-corrected chi connectivity index (χ3v) is 6.02. The second-order valence-electron chi connectivity index (χ2n) is 6.23. The SMILES string of the molecule is CCOc1ccc(S(=O)(=O)N(C)CC(=O)NC(C)c2ccc(OC)cc2)cc1. The van der Waals surface area contributed by atoms with Crippen LogP contribution in [-0.4, -0.2) is 45.9 Å². The van der Waals surface area contributed by atoms with Crippen molar-refractivity contribution in [1.82, 2.24) is 9.62 Å². The van der Waals surface area contributed by atoms with E-state index in [1.165, 1.54) is 19.2 Å². The van der Waals surface area contributed by atoms with Crippen LogP contribution in [0.1, 0.15) is 25.5 Å². The van der Waals surface area contributed by atoms with E-state index in [4.69, 9.17) is 9.47 Å². The molecule has 1 amide bonds. The summed E-state index contributed by atoms with van der Waals surface area (Å²) < 4.78 is 36.8. The average Bonchev–Trinajstić information content (AvgIpc) is 2.68. The van der Waals surface area contributed by atoms with E-state index >= 15 is 0 Å². The van der Waals surface area contributed by atoms with Crippen LogP contribution in [0.4, 0.5) is 0 Å². The number of rotatable bonds is 9. The third kappa shape index (κ3) is 5.46. The first kappa shape index (κ1) is 21.7. The molecule has 0 aliphatic rings. The molecule has 1 atom stereocenters. The number of benzene rings is 2. The van der Waals surface area contributed by atoms with Gasteiger partial charge in [-0.3, -0.25) is 4.79 Å². The van der Waals surface area contributed by atoms with Crippen LogP contribution in [-0.2, 0) is 14.8 Å². The normalized spacial score (nSPS) is 12.5. The maximum Gasteiger partial charge on any atom is 0.243 e. The van der Waals surface area contributed by atoms with Gasteiger partial charge in [0.05, 0.1) is 31.2 Å². The topological polar surface area (TPSA) is 84.9 Å². The summed E-state index contributed by atoms with van der Waals surface area (Å²) >= 11 is 0. The van der Waals surface area contributed by atoms with Gasteiger partial charge < -0.3 is 14.8 Å². The molecule has 2 rings (SSSR count). The lowest BCUT2D eigenvalue weighted by Crippen LogP contribution is -2.39. The molecular weight excluding hydrogens is 380 g/mol. The van der Waals surface area contributed by atoms with Crippen molar-refractivity contribution in [3.8, 4) is 11.5 Å². The molecule has 28 heavy (non-hydrogen) atoms. The van der Waals surface area contributed by atoms with E-state index in [2.05, 4.69) is 5.32 Å². The molecule has 1 unspecified atom stereocenters. The van der Waals surface area contributed by atoms with E-state index in [1.807, 2.05) is 26.0 Å².